The van der Waals surface area contributed by atoms with E-state index >= 15 is 0 Å². The van der Waals surface area contributed by atoms with Crippen LogP contribution < -0.4 is 15.5 Å². The van der Waals surface area contributed by atoms with Crippen LogP contribution in [0.3, 0.4) is 0 Å². The van der Waals surface area contributed by atoms with Gasteiger partial charge in [-0.2, -0.15) is 18.3 Å². The Morgan fingerprint density at radius 1 is 1.02 bits per heavy atom. The van der Waals surface area contributed by atoms with Crippen LogP contribution in [0.1, 0.15) is 27.0 Å². The first-order valence-corrected chi connectivity index (χ1v) is 12.5. The molecule has 208 valence electrons. The lowest BCUT2D eigenvalue weighted by atomic mass is 10.0. The summed E-state index contributed by atoms with van der Waals surface area (Å²) >= 11 is 5.85. The highest BCUT2D eigenvalue weighted by molar-refractivity contribution is 6.32. The Morgan fingerprint density at radius 2 is 1.75 bits per heavy atom. The fourth-order valence-electron chi connectivity index (χ4n) is 3.85. The number of halogens is 4. The Hall–Kier alpha value is -4.12. The number of aromatic hydroxyl groups is 1. The summed E-state index contributed by atoms with van der Waals surface area (Å²) < 4.78 is 43.9. The van der Waals surface area contributed by atoms with E-state index in [1.165, 1.54) is 36.5 Å². The summed E-state index contributed by atoms with van der Waals surface area (Å²) in [5.74, 6) is -0.0851. The molecule has 4 aromatic carbocycles. The summed E-state index contributed by atoms with van der Waals surface area (Å²) in [6, 6.07) is 19.8. The van der Waals surface area contributed by atoms with Crippen molar-refractivity contribution in [2.45, 2.75) is 18.8 Å². The van der Waals surface area contributed by atoms with Crippen LogP contribution in [0.15, 0.2) is 84.0 Å². The monoisotopic (exact) mass is 571 g/mol. The van der Waals surface area contributed by atoms with Gasteiger partial charge in [0.05, 0.1) is 16.8 Å². The van der Waals surface area contributed by atoms with Crippen LogP contribution in [0.25, 0.3) is 10.8 Å². The molecule has 0 saturated heterocycles. The summed E-state index contributed by atoms with van der Waals surface area (Å²) in [5.41, 5.74) is 3.32. The van der Waals surface area contributed by atoms with Gasteiger partial charge in [0, 0.05) is 29.6 Å². The van der Waals surface area contributed by atoms with Crippen LogP contribution in [0.5, 0.6) is 11.5 Å². The maximum Gasteiger partial charge on any atom is 0.416 e. The van der Waals surface area contributed by atoms with Gasteiger partial charge in [0.1, 0.15) is 24.2 Å². The zero-order valence-corrected chi connectivity index (χ0v) is 21.7. The summed E-state index contributed by atoms with van der Waals surface area (Å²) in [6.45, 7) is 0.459. The van der Waals surface area contributed by atoms with Crippen molar-refractivity contribution in [3.05, 3.63) is 106 Å². The van der Waals surface area contributed by atoms with Crippen molar-refractivity contribution in [2.75, 3.05) is 13.2 Å². The molecule has 0 aliphatic heterocycles. The van der Waals surface area contributed by atoms with Crippen LogP contribution >= 0.6 is 11.6 Å². The van der Waals surface area contributed by atoms with Gasteiger partial charge in [-0.05, 0) is 53.4 Å². The fraction of sp³-hybridized carbons (Fsp3) is 0.172. The number of amides is 1. The van der Waals surface area contributed by atoms with Gasteiger partial charge < -0.3 is 20.3 Å². The lowest BCUT2D eigenvalue weighted by Gasteiger charge is -2.15. The van der Waals surface area contributed by atoms with Crippen LogP contribution in [0, 0.1) is 0 Å². The molecule has 1 amide bonds. The number of phenols is 1. The minimum absolute atomic E-state index is 0.0112. The number of carbonyl (C=O) groups is 1. The first-order chi connectivity index (χ1) is 19.1. The molecule has 4 aromatic rings. The maximum absolute atomic E-state index is 12.7. The molecular weight excluding hydrogens is 547 g/mol. The van der Waals surface area contributed by atoms with Crippen molar-refractivity contribution in [3.8, 4) is 11.5 Å². The van der Waals surface area contributed by atoms with Gasteiger partial charge in [0.25, 0.3) is 5.91 Å². The van der Waals surface area contributed by atoms with E-state index in [1.54, 1.807) is 12.1 Å². The third kappa shape index (κ3) is 7.50. The minimum atomic E-state index is -4.38. The topological polar surface area (TPSA) is 103 Å². The van der Waals surface area contributed by atoms with Gasteiger partial charge in [-0.25, -0.2) is 5.43 Å². The number of rotatable bonds is 10. The van der Waals surface area contributed by atoms with Crippen LogP contribution in [-0.2, 0) is 12.7 Å². The molecule has 4 rings (SSSR count). The van der Waals surface area contributed by atoms with Crippen LogP contribution in [0.4, 0.5) is 13.2 Å². The van der Waals surface area contributed by atoms with Crippen molar-refractivity contribution in [2.24, 2.45) is 5.10 Å². The number of carbonyl (C=O) groups excluding carboxylic acids is 1. The number of benzene rings is 4. The average Bonchev–Trinajstić information content (AvgIpc) is 2.93. The largest absolute Gasteiger partial charge is 0.506 e. The number of aliphatic hydroxyl groups is 1. The number of nitrogens with one attached hydrogen (secondary N) is 2. The molecule has 40 heavy (non-hydrogen) atoms. The molecule has 7 nitrogen and oxygen atoms in total. The van der Waals surface area contributed by atoms with E-state index in [1.807, 2.05) is 24.3 Å². The number of hydrogen-bond donors (Lipinski definition) is 4. The van der Waals surface area contributed by atoms with Gasteiger partial charge in [-0.15, -0.1) is 0 Å². The zero-order valence-electron chi connectivity index (χ0n) is 21.0. The molecule has 0 spiro atoms. The number of aliphatic hydroxyl groups excluding tert-OH is 1. The SMILES string of the molecule is O=C(N/N=C/c1ccc(OCC(O)CNCc2ccc(C(F)(F)F)cc2)c2ccccc12)c1ccc(O)c(Cl)c1. The Morgan fingerprint density at radius 3 is 2.45 bits per heavy atom. The summed E-state index contributed by atoms with van der Waals surface area (Å²) in [4.78, 5) is 12.3. The number of hydrogen-bond acceptors (Lipinski definition) is 6. The third-order valence-electron chi connectivity index (χ3n) is 5.92. The first-order valence-electron chi connectivity index (χ1n) is 12.1. The fourth-order valence-corrected chi connectivity index (χ4v) is 4.03. The van der Waals surface area contributed by atoms with Crippen molar-refractivity contribution in [1.29, 1.82) is 0 Å². The van der Waals surface area contributed by atoms with Crippen LogP contribution in [-0.4, -0.2) is 41.6 Å². The normalized spacial score (nSPS) is 12.5. The number of hydrazone groups is 1. The van der Waals surface area contributed by atoms with Crippen molar-refractivity contribution >= 4 is 34.5 Å². The number of ether oxygens (including phenoxy) is 1. The van der Waals surface area contributed by atoms with Gasteiger partial charge in [-0.1, -0.05) is 48.0 Å². The van der Waals surface area contributed by atoms with Crippen molar-refractivity contribution < 1.29 is 32.9 Å². The first kappa shape index (κ1) is 28.9. The number of nitrogens with zero attached hydrogens (tertiary/aromatic N) is 1. The van der Waals surface area contributed by atoms with E-state index in [0.29, 0.717) is 23.4 Å². The molecule has 1 unspecified atom stereocenters. The molecule has 1 atom stereocenters. The predicted octanol–water partition coefficient (Wildman–Crippen LogP) is 5.51. The molecule has 0 fully saturated rings. The number of fused-ring (bicyclic) bond motifs is 1. The smallest absolute Gasteiger partial charge is 0.416 e. The maximum atomic E-state index is 12.7. The quantitative estimate of drug-likeness (QED) is 0.148. The Bertz CT molecular complexity index is 1510. The highest BCUT2D eigenvalue weighted by Gasteiger charge is 2.29. The Kier molecular flexibility index (Phi) is 9.26. The molecule has 0 bridgehead atoms. The van der Waals surface area contributed by atoms with E-state index in [-0.39, 0.29) is 29.5 Å². The molecule has 0 aliphatic carbocycles. The summed E-state index contributed by atoms with van der Waals surface area (Å²) in [6.07, 6.45) is -3.75. The standard InChI is InChI=1S/C29H25ClF3N3O4/c30-25-13-19(7-11-26(25)38)28(39)36-35-15-20-8-12-27(24-4-2-1-3-23(20)24)40-17-22(37)16-34-14-18-5-9-21(10-6-18)29(31,32)33/h1-13,15,22,34,37-38H,14,16-17H2,(H,36,39)/b35-15+. The summed E-state index contributed by atoms with van der Waals surface area (Å²) in [5, 5.41) is 28.5. The molecule has 0 radical (unpaired) electrons. The Balaban J connectivity index is 1.32. The molecule has 0 saturated carbocycles. The molecule has 4 N–H and O–H groups in total. The van der Waals surface area contributed by atoms with E-state index in [0.717, 1.165) is 22.9 Å². The molecule has 11 heteroatoms. The van der Waals surface area contributed by atoms with E-state index in [4.69, 9.17) is 16.3 Å². The van der Waals surface area contributed by atoms with Gasteiger partial charge in [-0.3, -0.25) is 4.79 Å². The second-order valence-electron chi connectivity index (χ2n) is 8.85. The molecule has 0 aromatic heterocycles. The molecule has 0 heterocycles. The zero-order chi connectivity index (χ0) is 28.7. The third-order valence-corrected chi connectivity index (χ3v) is 6.22. The average molecular weight is 572 g/mol. The van der Waals surface area contributed by atoms with Crippen molar-refractivity contribution in [1.82, 2.24) is 10.7 Å². The van der Waals surface area contributed by atoms with Gasteiger partial charge >= 0.3 is 6.18 Å². The lowest BCUT2D eigenvalue weighted by Crippen LogP contribution is -2.31. The second kappa shape index (κ2) is 12.8. The van der Waals surface area contributed by atoms with Gasteiger partial charge in [0.2, 0.25) is 0 Å². The number of alkyl halides is 3. The lowest BCUT2D eigenvalue weighted by molar-refractivity contribution is -0.137. The minimum Gasteiger partial charge on any atom is -0.506 e. The summed E-state index contributed by atoms with van der Waals surface area (Å²) in [7, 11) is 0. The van der Waals surface area contributed by atoms with E-state index in [9.17, 15) is 28.2 Å². The molecular formula is C29H25ClF3N3O4. The number of phenolic OH excluding ortho intramolecular Hbond substituents is 1. The predicted molar refractivity (Wildman–Crippen MR) is 147 cm³/mol. The molecule has 0 aliphatic rings. The Labute approximate surface area is 232 Å². The highest BCUT2D eigenvalue weighted by Crippen LogP contribution is 2.30. The van der Waals surface area contributed by atoms with E-state index in [2.05, 4.69) is 15.8 Å². The van der Waals surface area contributed by atoms with Crippen LogP contribution in [0.2, 0.25) is 5.02 Å². The highest BCUT2D eigenvalue weighted by atomic mass is 35.5. The van der Waals surface area contributed by atoms with Gasteiger partial charge in [0.15, 0.2) is 0 Å². The van der Waals surface area contributed by atoms with E-state index < -0.39 is 23.8 Å². The van der Waals surface area contributed by atoms with Crippen molar-refractivity contribution in [3.63, 3.8) is 0 Å². The second-order valence-corrected chi connectivity index (χ2v) is 9.26.